The summed E-state index contributed by atoms with van der Waals surface area (Å²) in [7, 11) is 0. The van der Waals surface area contributed by atoms with Gasteiger partial charge in [-0.1, -0.05) is 26.0 Å². The molecule has 0 aliphatic rings. The molecule has 0 unspecified atom stereocenters. The molecule has 0 N–H and O–H groups in total. The van der Waals surface area contributed by atoms with Gasteiger partial charge in [-0.15, -0.1) is 0 Å². The molecule has 0 fully saturated rings. The molecule has 2 rings (SSSR count). The molecule has 23 heavy (non-hydrogen) atoms. The molecule has 0 aliphatic carbocycles. The summed E-state index contributed by atoms with van der Waals surface area (Å²) >= 11 is 0. The predicted octanol–water partition coefficient (Wildman–Crippen LogP) is 3.99. The molecule has 0 radical (unpaired) electrons. The van der Waals surface area contributed by atoms with E-state index in [0.717, 1.165) is 0 Å². The lowest BCUT2D eigenvalue weighted by Gasteiger charge is -2.01. The molecule has 1 aromatic heterocycles. The standard InChI is InChI=1S/C17H14N2O4/c1-11(2)17(20)12(10-18)9-13-7-8-16(23-13)14-5-3-4-6-15(14)19(21)22/h3-9,11H,1-2H3. The molecule has 2 aromatic rings. The lowest BCUT2D eigenvalue weighted by atomic mass is 10.0. The zero-order chi connectivity index (χ0) is 17.0. The van der Waals surface area contributed by atoms with Crippen LogP contribution in [0.2, 0.25) is 0 Å². The number of nitrogens with zero attached hydrogens (tertiary/aromatic N) is 2. The monoisotopic (exact) mass is 310 g/mol. The van der Waals surface area contributed by atoms with Gasteiger partial charge < -0.3 is 4.42 Å². The van der Waals surface area contributed by atoms with Crippen molar-refractivity contribution in [2.24, 2.45) is 5.92 Å². The highest BCUT2D eigenvalue weighted by atomic mass is 16.6. The maximum Gasteiger partial charge on any atom is 0.280 e. The molecule has 6 heteroatoms. The number of Topliss-reactive ketones (excluding diaryl/α,β-unsaturated/α-hetero) is 1. The summed E-state index contributed by atoms with van der Waals surface area (Å²) in [5.74, 6) is 0.0169. The summed E-state index contributed by atoms with van der Waals surface area (Å²) in [6, 6.07) is 11.2. The quantitative estimate of drug-likeness (QED) is 0.360. The largest absolute Gasteiger partial charge is 0.456 e. The van der Waals surface area contributed by atoms with Gasteiger partial charge in [0.1, 0.15) is 17.6 Å². The first-order chi connectivity index (χ1) is 10.9. The molecule has 0 saturated carbocycles. The van der Waals surface area contributed by atoms with Crippen LogP contribution >= 0.6 is 0 Å². The first kappa shape index (κ1) is 16.2. The van der Waals surface area contributed by atoms with Gasteiger partial charge in [0, 0.05) is 18.1 Å². The summed E-state index contributed by atoms with van der Waals surface area (Å²) in [6.07, 6.45) is 1.35. The van der Waals surface area contributed by atoms with E-state index in [1.165, 1.54) is 12.1 Å². The SMILES string of the molecule is CC(C)C(=O)C(C#N)=Cc1ccc(-c2ccccc2[N+](=O)[O-])o1. The van der Waals surface area contributed by atoms with Crippen LogP contribution in [-0.4, -0.2) is 10.7 Å². The number of para-hydroxylation sites is 1. The van der Waals surface area contributed by atoms with Crippen LogP contribution in [0, 0.1) is 27.4 Å². The van der Waals surface area contributed by atoms with Crippen molar-refractivity contribution in [3.63, 3.8) is 0 Å². The van der Waals surface area contributed by atoms with Crippen LogP contribution in [0.4, 0.5) is 5.69 Å². The van der Waals surface area contributed by atoms with E-state index < -0.39 is 4.92 Å². The Kier molecular flexibility index (Phi) is 4.72. The molecule has 1 aromatic carbocycles. The third-order valence-electron chi connectivity index (χ3n) is 3.19. The smallest absolute Gasteiger partial charge is 0.280 e. The fourth-order valence-corrected chi connectivity index (χ4v) is 2.03. The number of ketones is 1. The summed E-state index contributed by atoms with van der Waals surface area (Å²) < 4.78 is 5.54. The minimum absolute atomic E-state index is 0.0107. The fourth-order valence-electron chi connectivity index (χ4n) is 2.03. The van der Waals surface area contributed by atoms with Gasteiger partial charge in [0.25, 0.3) is 5.69 Å². The Labute approximate surface area is 132 Å². The maximum absolute atomic E-state index is 11.9. The number of benzene rings is 1. The van der Waals surface area contributed by atoms with Crippen LogP contribution in [0.15, 0.2) is 46.4 Å². The first-order valence-corrected chi connectivity index (χ1v) is 6.93. The highest BCUT2D eigenvalue weighted by molar-refractivity contribution is 6.04. The van der Waals surface area contributed by atoms with Gasteiger partial charge in [0.2, 0.25) is 0 Å². The van der Waals surface area contributed by atoms with E-state index in [2.05, 4.69) is 0 Å². The number of carbonyl (C=O) groups is 1. The number of rotatable bonds is 5. The molecular weight excluding hydrogens is 296 g/mol. The number of furan rings is 1. The van der Waals surface area contributed by atoms with Gasteiger partial charge in [-0.25, -0.2) is 0 Å². The van der Waals surface area contributed by atoms with Crippen molar-refractivity contribution in [1.29, 1.82) is 5.26 Å². The van der Waals surface area contributed by atoms with E-state index in [1.807, 2.05) is 6.07 Å². The van der Waals surface area contributed by atoms with Crippen molar-refractivity contribution < 1.29 is 14.1 Å². The van der Waals surface area contributed by atoms with Crippen molar-refractivity contribution in [3.05, 3.63) is 57.8 Å². The maximum atomic E-state index is 11.9. The number of hydrogen-bond donors (Lipinski definition) is 0. The van der Waals surface area contributed by atoms with Gasteiger partial charge in [0.05, 0.1) is 16.1 Å². The number of nitro benzene ring substituents is 1. The molecule has 6 nitrogen and oxygen atoms in total. The topological polar surface area (TPSA) is 97.1 Å². The molecule has 0 saturated heterocycles. The van der Waals surface area contributed by atoms with Crippen molar-refractivity contribution in [1.82, 2.24) is 0 Å². The Balaban J connectivity index is 2.41. The number of nitriles is 1. The minimum Gasteiger partial charge on any atom is -0.456 e. The zero-order valence-electron chi connectivity index (χ0n) is 12.6. The number of carbonyl (C=O) groups excluding carboxylic acids is 1. The molecule has 0 spiro atoms. The Morgan fingerprint density at radius 1 is 1.30 bits per heavy atom. The second kappa shape index (κ2) is 6.71. The Bertz CT molecular complexity index is 825. The van der Waals surface area contributed by atoms with Crippen molar-refractivity contribution in [2.45, 2.75) is 13.8 Å². The van der Waals surface area contributed by atoms with Crippen molar-refractivity contribution in [3.8, 4) is 17.4 Å². The molecule has 0 atom stereocenters. The highest BCUT2D eigenvalue weighted by Crippen LogP contribution is 2.31. The van der Waals surface area contributed by atoms with Crippen LogP contribution in [0.25, 0.3) is 17.4 Å². The Morgan fingerprint density at radius 3 is 2.61 bits per heavy atom. The summed E-state index contributed by atoms with van der Waals surface area (Å²) in [5, 5.41) is 20.1. The Hall–Kier alpha value is -3.20. The molecular formula is C17H14N2O4. The first-order valence-electron chi connectivity index (χ1n) is 6.93. The zero-order valence-corrected chi connectivity index (χ0v) is 12.6. The number of nitro groups is 1. The third kappa shape index (κ3) is 3.52. The second-order valence-electron chi connectivity index (χ2n) is 5.17. The van der Waals surface area contributed by atoms with Crippen LogP contribution in [0.5, 0.6) is 0 Å². The van der Waals surface area contributed by atoms with Gasteiger partial charge >= 0.3 is 0 Å². The number of allylic oxidation sites excluding steroid dienone is 1. The summed E-state index contributed by atoms with van der Waals surface area (Å²) in [5.41, 5.74) is 0.255. The lowest BCUT2D eigenvalue weighted by molar-refractivity contribution is -0.384. The van der Waals surface area contributed by atoms with E-state index in [4.69, 9.17) is 9.68 Å². The minimum atomic E-state index is -0.490. The predicted molar refractivity (Wildman–Crippen MR) is 84.2 cm³/mol. The highest BCUT2D eigenvalue weighted by Gasteiger charge is 2.18. The van der Waals surface area contributed by atoms with Crippen LogP contribution < -0.4 is 0 Å². The molecule has 0 aliphatic heterocycles. The van der Waals surface area contributed by atoms with Crippen molar-refractivity contribution in [2.75, 3.05) is 0 Å². The van der Waals surface area contributed by atoms with Gasteiger partial charge in [-0.05, 0) is 18.2 Å². The summed E-state index contributed by atoms with van der Waals surface area (Å²) in [6.45, 7) is 3.41. The van der Waals surface area contributed by atoms with E-state index in [-0.39, 0.29) is 23.0 Å². The fraction of sp³-hybridized carbons (Fsp3) is 0.176. The van der Waals surface area contributed by atoms with E-state index in [0.29, 0.717) is 17.1 Å². The average molecular weight is 310 g/mol. The number of hydrogen-bond acceptors (Lipinski definition) is 5. The van der Waals surface area contributed by atoms with Crippen LogP contribution in [0.3, 0.4) is 0 Å². The van der Waals surface area contributed by atoms with Gasteiger partial charge in [0.15, 0.2) is 5.78 Å². The van der Waals surface area contributed by atoms with Gasteiger partial charge in [-0.3, -0.25) is 14.9 Å². The lowest BCUT2D eigenvalue weighted by Crippen LogP contribution is -2.08. The van der Waals surface area contributed by atoms with Crippen LogP contribution in [-0.2, 0) is 4.79 Å². The van der Waals surface area contributed by atoms with Crippen LogP contribution in [0.1, 0.15) is 19.6 Å². The van der Waals surface area contributed by atoms with E-state index in [9.17, 15) is 14.9 Å². The molecule has 0 bridgehead atoms. The summed E-state index contributed by atoms with van der Waals surface area (Å²) in [4.78, 5) is 22.4. The third-order valence-corrected chi connectivity index (χ3v) is 3.19. The Morgan fingerprint density at radius 2 is 2.00 bits per heavy atom. The van der Waals surface area contributed by atoms with Crippen molar-refractivity contribution >= 4 is 17.5 Å². The van der Waals surface area contributed by atoms with E-state index in [1.54, 1.807) is 44.2 Å². The normalized spacial score (nSPS) is 11.3. The molecule has 0 amide bonds. The van der Waals surface area contributed by atoms with Gasteiger partial charge in [-0.2, -0.15) is 5.26 Å². The second-order valence-corrected chi connectivity index (χ2v) is 5.17. The molecule has 116 valence electrons. The molecule has 1 heterocycles. The van der Waals surface area contributed by atoms with E-state index >= 15 is 0 Å². The average Bonchev–Trinajstić information content (AvgIpc) is 3.00.